The fraction of sp³-hybridized carbons (Fsp3) is 0.250. The summed E-state index contributed by atoms with van der Waals surface area (Å²) in [4.78, 5) is 15.9. The number of carbonyl (C=O) groups is 1. The molecule has 0 saturated heterocycles. The molecule has 0 aliphatic rings. The molecule has 0 aliphatic carbocycles. The van der Waals surface area contributed by atoms with Crippen LogP contribution in [0, 0.1) is 0 Å². The topological polar surface area (TPSA) is 60.5 Å². The Labute approximate surface area is 123 Å². The maximum absolute atomic E-state index is 12.0. The zero-order chi connectivity index (χ0) is 15.1. The summed E-state index contributed by atoms with van der Waals surface area (Å²) in [6.45, 7) is 2.17. The minimum atomic E-state index is -0.569. The molecule has 0 bridgehead atoms. The molecule has 1 atom stereocenters. The van der Waals surface area contributed by atoms with Gasteiger partial charge in [0.05, 0.1) is 7.11 Å². The average Bonchev–Trinajstić information content (AvgIpc) is 2.54. The lowest BCUT2D eigenvalue weighted by atomic mass is 10.2. The van der Waals surface area contributed by atoms with Crippen LogP contribution in [0.15, 0.2) is 48.8 Å². The van der Waals surface area contributed by atoms with E-state index in [1.54, 1.807) is 50.7 Å². The first-order chi connectivity index (χ1) is 10.2. The van der Waals surface area contributed by atoms with Gasteiger partial charge in [0.2, 0.25) is 0 Å². The average molecular weight is 286 g/mol. The molecule has 1 aromatic heterocycles. The Morgan fingerprint density at radius 3 is 2.38 bits per heavy atom. The Balaban J connectivity index is 1.84. The van der Waals surface area contributed by atoms with Crippen LogP contribution in [0.25, 0.3) is 0 Å². The second-order valence-corrected chi connectivity index (χ2v) is 4.51. The molecule has 110 valence electrons. The lowest BCUT2D eigenvalue weighted by Gasteiger charge is -2.15. The number of amides is 1. The third-order valence-electron chi connectivity index (χ3n) is 2.96. The van der Waals surface area contributed by atoms with E-state index in [1.165, 1.54) is 0 Å². The van der Waals surface area contributed by atoms with Gasteiger partial charge in [0.25, 0.3) is 5.91 Å². The summed E-state index contributed by atoms with van der Waals surface area (Å²) in [5.74, 6) is 1.21. The van der Waals surface area contributed by atoms with Crippen molar-refractivity contribution in [1.29, 1.82) is 0 Å². The molecular weight excluding hydrogens is 268 g/mol. The van der Waals surface area contributed by atoms with Gasteiger partial charge in [0.15, 0.2) is 6.10 Å². The van der Waals surface area contributed by atoms with Gasteiger partial charge in [0, 0.05) is 18.9 Å². The number of carbonyl (C=O) groups excluding carboxylic acids is 1. The second kappa shape index (κ2) is 7.28. The Morgan fingerprint density at radius 2 is 1.76 bits per heavy atom. The highest BCUT2D eigenvalue weighted by Crippen LogP contribution is 2.18. The van der Waals surface area contributed by atoms with Gasteiger partial charge in [0.1, 0.15) is 11.5 Å². The smallest absolute Gasteiger partial charge is 0.261 e. The van der Waals surface area contributed by atoms with E-state index in [1.807, 2.05) is 12.1 Å². The number of hydrogen-bond acceptors (Lipinski definition) is 4. The summed E-state index contributed by atoms with van der Waals surface area (Å²) in [5, 5.41) is 2.83. The highest BCUT2D eigenvalue weighted by molar-refractivity contribution is 5.80. The number of methoxy groups -OCH3 is 1. The Bertz CT molecular complexity index is 570. The standard InChI is InChI=1S/C16H18N2O3/c1-12(21-15-5-3-14(20-2)4-6-15)16(19)18-11-13-7-9-17-10-8-13/h3-10,12H,11H2,1-2H3,(H,18,19)/t12-/m0/s1. The van der Waals surface area contributed by atoms with E-state index in [0.29, 0.717) is 12.3 Å². The van der Waals surface area contributed by atoms with E-state index in [2.05, 4.69) is 10.3 Å². The molecule has 1 heterocycles. The summed E-state index contributed by atoms with van der Waals surface area (Å²) in [6, 6.07) is 10.8. The summed E-state index contributed by atoms with van der Waals surface area (Å²) in [7, 11) is 1.60. The van der Waals surface area contributed by atoms with Crippen molar-refractivity contribution in [1.82, 2.24) is 10.3 Å². The molecule has 1 amide bonds. The molecule has 0 saturated carbocycles. The molecule has 5 nitrogen and oxygen atoms in total. The van der Waals surface area contributed by atoms with Crippen molar-refractivity contribution in [3.8, 4) is 11.5 Å². The van der Waals surface area contributed by atoms with Crippen molar-refractivity contribution >= 4 is 5.91 Å². The fourth-order valence-electron chi connectivity index (χ4n) is 1.75. The molecule has 0 unspecified atom stereocenters. The van der Waals surface area contributed by atoms with Gasteiger partial charge in [-0.05, 0) is 48.9 Å². The molecule has 0 spiro atoms. The van der Waals surface area contributed by atoms with E-state index in [4.69, 9.17) is 9.47 Å². The molecule has 0 fully saturated rings. The first-order valence-electron chi connectivity index (χ1n) is 6.66. The molecule has 0 radical (unpaired) electrons. The minimum absolute atomic E-state index is 0.164. The Kier molecular flexibility index (Phi) is 5.15. The van der Waals surface area contributed by atoms with Crippen LogP contribution in [0.4, 0.5) is 0 Å². The molecule has 1 aromatic carbocycles. The number of pyridine rings is 1. The first kappa shape index (κ1) is 14.8. The summed E-state index contributed by atoms with van der Waals surface area (Å²) < 4.78 is 10.7. The van der Waals surface area contributed by atoms with Gasteiger partial charge in [-0.3, -0.25) is 9.78 Å². The van der Waals surface area contributed by atoms with Crippen LogP contribution in [0.1, 0.15) is 12.5 Å². The number of ether oxygens (including phenoxy) is 2. The lowest BCUT2D eigenvalue weighted by Crippen LogP contribution is -2.35. The molecular formula is C16H18N2O3. The molecule has 5 heteroatoms. The fourth-order valence-corrected chi connectivity index (χ4v) is 1.75. The maximum Gasteiger partial charge on any atom is 0.261 e. The zero-order valence-corrected chi connectivity index (χ0v) is 12.1. The highest BCUT2D eigenvalue weighted by Gasteiger charge is 2.14. The third kappa shape index (κ3) is 4.49. The monoisotopic (exact) mass is 286 g/mol. The van der Waals surface area contributed by atoms with Gasteiger partial charge in [-0.15, -0.1) is 0 Å². The van der Waals surface area contributed by atoms with Crippen molar-refractivity contribution in [3.63, 3.8) is 0 Å². The van der Waals surface area contributed by atoms with Gasteiger partial charge in [-0.25, -0.2) is 0 Å². The summed E-state index contributed by atoms with van der Waals surface area (Å²) >= 11 is 0. The van der Waals surface area contributed by atoms with Crippen molar-refractivity contribution < 1.29 is 14.3 Å². The van der Waals surface area contributed by atoms with Crippen LogP contribution >= 0.6 is 0 Å². The van der Waals surface area contributed by atoms with Crippen molar-refractivity contribution in [2.45, 2.75) is 19.6 Å². The summed E-state index contributed by atoms with van der Waals surface area (Å²) in [5.41, 5.74) is 0.995. The number of nitrogens with one attached hydrogen (secondary N) is 1. The number of nitrogens with zero attached hydrogens (tertiary/aromatic N) is 1. The van der Waals surface area contributed by atoms with E-state index in [0.717, 1.165) is 11.3 Å². The van der Waals surface area contributed by atoms with E-state index < -0.39 is 6.10 Å². The van der Waals surface area contributed by atoms with E-state index in [9.17, 15) is 4.79 Å². The quantitative estimate of drug-likeness (QED) is 0.884. The normalized spacial score (nSPS) is 11.5. The van der Waals surface area contributed by atoms with Crippen LogP contribution in [0.5, 0.6) is 11.5 Å². The van der Waals surface area contributed by atoms with Gasteiger partial charge in [-0.2, -0.15) is 0 Å². The van der Waals surface area contributed by atoms with Gasteiger partial charge >= 0.3 is 0 Å². The van der Waals surface area contributed by atoms with E-state index >= 15 is 0 Å². The summed E-state index contributed by atoms with van der Waals surface area (Å²) in [6.07, 6.45) is 2.82. The van der Waals surface area contributed by atoms with Crippen LogP contribution in [-0.2, 0) is 11.3 Å². The second-order valence-electron chi connectivity index (χ2n) is 4.51. The molecule has 21 heavy (non-hydrogen) atoms. The van der Waals surface area contributed by atoms with Crippen LogP contribution < -0.4 is 14.8 Å². The van der Waals surface area contributed by atoms with Crippen molar-refractivity contribution in [3.05, 3.63) is 54.4 Å². The lowest BCUT2D eigenvalue weighted by molar-refractivity contribution is -0.127. The number of aromatic nitrogens is 1. The van der Waals surface area contributed by atoms with Gasteiger partial charge in [-0.1, -0.05) is 0 Å². The SMILES string of the molecule is COc1ccc(O[C@@H](C)C(=O)NCc2ccncc2)cc1. The zero-order valence-electron chi connectivity index (χ0n) is 12.1. The maximum atomic E-state index is 12.0. The van der Waals surface area contributed by atoms with Gasteiger partial charge < -0.3 is 14.8 Å². The Hall–Kier alpha value is -2.56. The number of rotatable bonds is 6. The molecule has 2 rings (SSSR count). The molecule has 2 aromatic rings. The van der Waals surface area contributed by atoms with E-state index in [-0.39, 0.29) is 5.91 Å². The molecule has 1 N–H and O–H groups in total. The van der Waals surface area contributed by atoms with Crippen LogP contribution in [0.3, 0.4) is 0 Å². The predicted octanol–water partition coefficient (Wildman–Crippen LogP) is 2.17. The van der Waals surface area contributed by atoms with Crippen LogP contribution in [0.2, 0.25) is 0 Å². The largest absolute Gasteiger partial charge is 0.497 e. The van der Waals surface area contributed by atoms with Crippen molar-refractivity contribution in [2.24, 2.45) is 0 Å². The minimum Gasteiger partial charge on any atom is -0.497 e. The Morgan fingerprint density at radius 1 is 1.14 bits per heavy atom. The van der Waals surface area contributed by atoms with Crippen molar-refractivity contribution in [2.75, 3.05) is 7.11 Å². The number of hydrogen-bond donors (Lipinski definition) is 1. The third-order valence-corrected chi connectivity index (χ3v) is 2.96. The first-order valence-corrected chi connectivity index (χ1v) is 6.66. The van der Waals surface area contributed by atoms with Crippen LogP contribution in [-0.4, -0.2) is 24.1 Å². The highest BCUT2D eigenvalue weighted by atomic mass is 16.5. The predicted molar refractivity (Wildman–Crippen MR) is 79.2 cm³/mol. The molecule has 0 aliphatic heterocycles. The number of benzene rings is 1.